The second kappa shape index (κ2) is 14.2. The Morgan fingerprint density at radius 1 is 0.857 bits per heavy atom. The van der Waals surface area contributed by atoms with Gasteiger partial charge in [0.2, 0.25) is 0 Å². The first-order valence-corrected chi connectivity index (χ1v) is 17.3. The summed E-state index contributed by atoms with van der Waals surface area (Å²) < 4.78 is 40.6. The smallest absolute Gasteiger partial charge is 0.430 e. The predicted molar refractivity (Wildman–Crippen MR) is 153 cm³/mol. The van der Waals surface area contributed by atoms with Crippen LogP contribution in [0.1, 0.15) is 31.9 Å². The van der Waals surface area contributed by atoms with Crippen molar-refractivity contribution in [2.24, 2.45) is 0 Å². The Morgan fingerprint density at radius 3 is 1.83 bits per heavy atom. The van der Waals surface area contributed by atoms with Gasteiger partial charge < -0.3 is 13.9 Å². The van der Waals surface area contributed by atoms with Crippen LogP contribution in [0, 0.1) is 20.2 Å². The molecule has 0 unspecified atom stereocenters. The van der Waals surface area contributed by atoms with Gasteiger partial charge in [0.15, 0.2) is 18.2 Å². The first kappa shape index (κ1) is 34.2. The van der Waals surface area contributed by atoms with E-state index in [-0.39, 0.29) is 23.1 Å². The first-order valence-electron chi connectivity index (χ1n) is 12.5. The Kier molecular flexibility index (Phi) is 11.6. The van der Waals surface area contributed by atoms with Crippen molar-refractivity contribution in [1.29, 1.82) is 0 Å². The Hall–Kier alpha value is -4.02. The maximum Gasteiger partial charge on any atom is 0.508 e. The number of carbonyl (C=O) groups is 1. The van der Waals surface area contributed by atoms with E-state index in [4.69, 9.17) is 13.9 Å². The fraction of sp³-hybridized carbons (Fsp3) is 0.423. The minimum atomic E-state index is -3.48. The second-order valence-electron chi connectivity index (χ2n) is 10.6. The molecule has 0 saturated heterocycles. The largest absolute Gasteiger partial charge is 0.508 e. The zero-order chi connectivity index (χ0) is 31.7. The van der Waals surface area contributed by atoms with E-state index in [1.54, 1.807) is 12.1 Å². The molecule has 16 heteroatoms. The third-order valence-electron chi connectivity index (χ3n) is 6.58. The fourth-order valence-corrected chi connectivity index (χ4v) is 4.85. The van der Waals surface area contributed by atoms with Crippen LogP contribution in [0.4, 0.5) is 4.79 Å². The van der Waals surface area contributed by atoms with Gasteiger partial charge in [0.25, 0.3) is 16.5 Å². The van der Waals surface area contributed by atoms with Gasteiger partial charge in [0.05, 0.1) is 11.5 Å². The lowest BCUT2D eigenvalue weighted by Crippen LogP contribution is -2.41. The highest BCUT2D eigenvalue weighted by Crippen LogP contribution is 2.38. The fourth-order valence-electron chi connectivity index (χ4n) is 3.28. The molecule has 0 N–H and O–H groups in total. The van der Waals surface area contributed by atoms with Gasteiger partial charge in [0, 0.05) is 11.8 Å². The van der Waals surface area contributed by atoms with Crippen molar-refractivity contribution in [3.8, 4) is 0 Å². The predicted octanol–water partition coefficient (Wildman–Crippen LogP) is 4.92. The third kappa shape index (κ3) is 10.4. The second-order valence-corrected chi connectivity index (χ2v) is 17.4. The third-order valence-corrected chi connectivity index (χ3v) is 12.2. The van der Waals surface area contributed by atoms with Crippen molar-refractivity contribution in [2.45, 2.75) is 50.1 Å². The lowest BCUT2D eigenvalue weighted by atomic mass is 9.95. The highest BCUT2D eigenvalue weighted by molar-refractivity contribution is 7.90. The van der Waals surface area contributed by atoms with E-state index >= 15 is 0 Å². The standard InChI is InChI=1S/C26H34N2O12SSi/c1-26(2,3)42(5,6)38-17-23(19-10-8-7-9-11-19)22(20-12-14-21(15-13-20)41(4,34)35)16-36-25(29)37-18-24(39-27(30)31)40-28(32)33/h7-15,24H,16-18H2,1-6H3. The molecule has 0 saturated carbocycles. The van der Waals surface area contributed by atoms with Crippen LogP contribution in [0.3, 0.4) is 0 Å². The number of ether oxygens (including phenoxy) is 2. The Balaban J connectivity index is 2.48. The quantitative estimate of drug-likeness (QED) is 0.0690. The van der Waals surface area contributed by atoms with Gasteiger partial charge in [-0.05, 0) is 47.0 Å². The van der Waals surface area contributed by atoms with Gasteiger partial charge in [-0.25, -0.2) is 13.2 Å². The van der Waals surface area contributed by atoms with E-state index in [1.807, 2.05) is 30.3 Å². The molecule has 0 aliphatic heterocycles. The Morgan fingerprint density at radius 2 is 1.36 bits per heavy atom. The molecule has 0 atom stereocenters. The summed E-state index contributed by atoms with van der Waals surface area (Å²) in [6.07, 6.45) is -2.36. The van der Waals surface area contributed by atoms with Gasteiger partial charge in [-0.2, -0.15) is 0 Å². The molecule has 0 fully saturated rings. The van der Waals surface area contributed by atoms with Gasteiger partial charge in [-0.15, -0.1) is 20.2 Å². The van der Waals surface area contributed by atoms with E-state index in [1.165, 1.54) is 12.1 Å². The number of hydrogen-bond acceptors (Lipinski definition) is 12. The Labute approximate surface area is 244 Å². The number of carbonyl (C=O) groups excluding carboxylic acids is 1. The minimum absolute atomic E-state index is 0.0901. The minimum Gasteiger partial charge on any atom is -0.430 e. The van der Waals surface area contributed by atoms with Crippen molar-refractivity contribution < 1.29 is 47.0 Å². The van der Waals surface area contributed by atoms with E-state index < -0.39 is 47.4 Å². The van der Waals surface area contributed by atoms with Crippen molar-refractivity contribution in [3.63, 3.8) is 0 Å². The molecule has 230 valence electrons. The molecule has 0 bridgehead atoms. The average Bonchev–Trinajstić information content (AvgIpc) is 2.88. The van der Waals surface area contributed by atoms with Gasteiger partial charge in [-0.1, -0.05) is 63.2 Å². The van der Waals surface area contributed by atoms with Crippen LogP contribution in [-0.2, 0) is 33.4 Å². The first-order chi connectivity index (χ1) is 19.4. The van der Waals surface area contributed by atoms with E-state index in [0.717, 1.165) is 11.8 Å². The maximum atomic E-state index is 12.4. The van der Waals surface area contributed by atoms with Crippen LogP contribution in [0.25, 0.3) is 11.1 Å². The Bertz CT molecular complexity index is 1370. The lowest BCUT2D eigenvalue weighted by Gasteiger charge is -2.36. The molecule has 2 aromatic carbocycles. The molecule has 0 amide bonds. The number of rotatable bonds is 14. The molecule has 42 heavy (non-hydrogen) atoms. The summed E-state index contributed by atoms with van der Waals surface area (Å²) in [5.41, 5.74) is 2.41. The molecule has 2 aromatic rings. The number of sulfone groups is 1. The van der Waals surface area contributed by atoms with Crippen LogP contribution >= 0.6 is 0 Å². The van der Waals surface area contributed by atoms with Crippen LogP contribution in [0.5, 0.6) is 0 Å². The summed E-state index contributed by atoms with van der Waals surface area (Å²) in [6, 6.07) is 15.2. The lowest BCUT2D eigenvalue weighted by molar-refractivity contribution is -0.851. The van der Waals surface area contributed by atoms with Crippen LogP contribution in [0.2, 0.25) is 18.1 Å². The van der Waals surface area contributed by atoms with E-state index in [9.17, 15) is 33.4 Å². The summed E-state index contributed by atoms with van der Waals surface area (Å²) in [5, 5.41) is 18.3. The van der Waals surface area contributed by atoms with E-state index in [2.05, 4.69) is 43.5 Å². The highest BCUT2D eigenvalue weighted by Gasteiger charge is 2.37. The van der Waals surface area contributed by atoms with Gasteiger partial charge in [0.1, 0.15) is 13.2 Å². The van der Waals surface area contributed by atoms with Crippen LogP contribution < -0.4 is 0 Å². The summed E-state index contributed by atoms with van der Waals surface area (Å²) in [6.45, 7) is 9.18. The summed E-state index contributed by atoms with van der Waals surface area (Å²) in [5.74, 6) is 0. The van der Waals surface area contributed by atoms with Crippen molar-refractivity contribution >= 4 is 35.5 Å². The summed E-state index contributed by atoms with van der Waals surface area (Å²) in [4.78, 5) is 41.6. The molecular formula is C26H34N2O12SSi. The van der Waals surface area contributed by atoms with Crippen LogP contribution in [0.15, 0.2) is 59.5 Å². The van der Waals surface area contributed by atoms with Crippen LogP contribution in [-0.4, -0.2) is 65.4 Å². The zero-order valence-corrected chi connectivity index (χ0v) is 25.9. The van der Waals surface area contributed by atoms with Gasteiger partial charge >= 0.3 is 6.16 Å². The molecule has 2 rings (SSSR count). The summed E-state index contributed by atoms with van der Waals surface area (Å²) >= 11 is 0. The molecule has 0 aliphatic rings. The van der Waals surface area contributed by atoms with Crippen molar-refractivity contribution in [2.75, 3.05) is 26.1 Å². The average molecular weight is 627 g/mol. The molecule has 0 spiro atoms. The normalized spacial score (nSPS) is 12.7. The van der Waals surface area contributed by atoms with E-state index in [0.29, 0.717) is 16.7 Å². The number of nitrogens with zero attached hydrogens (tertiary/aromatic N) is 2. The summed E-state index contributed by atoms with van der Waals surface area (Å²) in [7, 11) is -5.74. The monoisotopic (exact) mass is 626 g/mol. The molecule has 0 heterocycles. The number of benzene rings is 2. The van der Waals surface area contributed by atoms with Crippen molar-refractivity contribution in [3.05, 3.63) is 86.0 Å². The number of hydrogen-bond donors (Lipinski definition) is 0. The topological polar surface area (TPSA) is 184 Å². The maximum absolute atomic E-state index is 12.4. The highest BCUT2D eigenvalue weighted by atomic mass is 32.2. The molecule has 0 aromatic heterocycles. The molecular weight excluding hydrogens is 592 g/mol. The SMILES string of the molecule is CC(C)(C)[Si](C)(C)OCC(=C(COC(=O)OCC(O[N+](=O)[O-])O[N+](=O)[O-])c1ccc(S(C)(=O)=O)cc1)c1ccccc1. The zero-order valence-electron chi connectivity index (χ0n) is 24.1. The van der Waals surface area contributed by atoms with Crippen molar-refractivity contribution in [1.82, 2.24) is 0 Å². The van der Waals surface area contributed by atoms with Gasteiger partial charge in [-0.3, -0.25) is 9.68 Å². The molecule has 0 radical (unpaired) electrons. The molecule has 14 nitrogen and oxygen atoms in total. The molecule has 0 aliphatic carbocycles.